The number of halogens is 1. The monoisotopic (exact) mass is 411 g/mol. The summed E-state index contributed by atoms with van der Waals surface area (Å²) in [6, 6.07) is 13.8. The minimum Gasteiger partial charge on any atom is -0.357 e. The van der Waals surface area contributed by atoms with E-state index < -0.39 is 0 Å². The number of amides is 2. The quantitative estimate of drug-likeness (QED) is 0.499. The molecule has 0 radical (unpaired) electrons. The van der Waals surface area contributed by atoms with E-state index in [0.29, 0.717) is 49.8 Å². The lowest BCUT2D eigenvalue weighted by Crippen LogP contribution is -2.49. The third-order valence-corrected chi connectivity index (χ3v) is 4.69. The first-order valence-electron chi connectivity index (χ1n) is 9.97. The highest BCUT2D eigenvalue weighted by molar-refractivity contribution is 5.97. The molecule has 1 saturated heterocycles. The van der Waals surface area contributed by atoms with Crippen LogP contribution in [0, 0.1) is 5.82 Å². The van der Waals surface area contributed by atoms with Gasteiger partial charge in [0.1, 0.15) is 5.82 Å². The average Bonchev–Trinajstić information content (AvgIpc) is 2.76. The molecule has 0 aliphatic carbocycles. The van der Waals surface area contributed by atoms with Gasteiger partial charge in [0.25, 0.3) is 5.91 Å². The molecule has 158 valence electrons. The molecule has 0 atom stereocenters. The Balaban J connectivity index is 1.59. The number of benzene rings is 2. The molecule has 2 amide bonds. The maximum absolute atomic E-state index is 13.8. The number of carbonyl (C=O) groups is 2. The molecule has 0 saturated carbocycles. The summed E-state index contributed by atoms with van der Waals surface area (Å²) in [5.74, 6) is 0.0340. The van der Waals surface area contributed by atoms with E-state index in [4.69, 9.17) is 0 Å². The van der Waals surface area contributed by atoms with E-state index in [9.17, 15) is 14.0 Å². The summed E-state index contributed by atoms with van der Waals surface area (Å²) in [5.41, 5.74) is 2.05. The summed E-state index contributed by atoms with van der Waals surface area (Å²) in [7, 11) is 0. The fourth-order valence-electron chi connectivity index (χ4n) is 3.08. The molecule has 0 unspecified atom stereocenters. The van der Waals surface area contributed by atoms with Gasteiger partial charge in [-0.1, -0.05) is 30.3 Å². The Bertz CT molecular complexity index is 914. The SMILES string of the molecule is CCNC(=NCc1ccc(C(=O)N2CCNC(=O)C2)cc1)NCc1ccccc1F. The van der Waals surface area contributed by atoms with Gasteiger partial charge >= 0.3 is 0 Å². The van der Waals surface area contributed by atoms with Crippen LogP contribution in [0.1, 0.15) is 28.4 Å². The number of rotatable bonds is 6. The average molecular weight is 411 g/mol. The summed E-state index contributed by atoms with van der Waals surface area (Å²) < 4.78 is 13.8. The van der Waals surface area contributed by atoms with Gasteiger partial charge in [0.15, 0.2) is 5.96 Å². The number of piperazine rings is 1. The molecule has 1 aliphatic rings. The lowest BCUT2D eigenvalue weighted by Gasteiger charge is -2.26. The lowest BCUT2D eigenvalue weighted by atomic mass is 10.1. The highest BCUT2D eigenvalue weighted by Crippen LogP contribution is 2.10. The van der Waals surface area contributed by atoms with Crippen LogP contribution >= 0.6 is 0 Å². The normalized spacial score (nSPS) is 14.3. The molecule has 1 aliphatic heterocycles. The van der Waals surface area contributed by atoms with Crippen LogP contribution in [0.3, 0.4) is 0 Å². The van der Waals surface area contributed by atoms with Crippen LogP contribution in [0.4, 0.5) is 4.39 Å². The van der Waals surface area contributed by atoms with E-state index in [1.165, 1.54) is 6.07 Å². The number of carbonyl (C=O) groups excluding carboxylic acids is 2. The molecule has 1 heterocycles. The van der Waals surface area contributed by atoms with Gasteiger partial charge in [0, 0.05) is 37.3 Å². The van der Waals surface area contributed by atoms with E-state index in [1.807, 2.05) is 19.1 Å². The van der Waals surface area contributed by atoms with Crippen molar-refractivity contribution in [2.45, 2.75) is 20.0 Å². The van der Waals surface area contributed by atoms with Crippen LogP contribution in [-0.4, -0.2) is 48.9 Å². The zero-order valence-electron chi connectivity index (χ0n) is 17.0. The smallest absolute Gasteiger partial charge is 0.254 e. The van der Waals surface area contributed by atoms with Gasteiger partial charge in [-0.2, -0.15) is 0 Å². The summed E-state index contributed by atoms with van der Waals surface area (Å²) >= 11 is 0. The third-order valence-electron chi connectivity index (χ3n) is 4.69. The van der Waals surface area contributed by atoms with Crippen molar-refractivity contribution in [1.29, 1.82) is 0 Å². The Labute approximate surface area is 175 Å². The minimum atomic E-state index is -0.257. The standard InChI is InChI=1S/C22H26FN5O2/c1-2-24-22(27-14-18-5-3-4-6-19(18)23)26-13-16-7-9-17(10-8-16)21(30)28-12-11-25-20(29)15-28/h3-10H,2,11-15H2,1H3,(H,25,29)(H2,24,26,27). The van der Waals surface area contributed by atoms with E-state index in [1.54, 1.807) is 35.2 Å². The van der Waals surface area contributed by atoms with E-state index in [2.05, 4.69) is 20.9 Å². The number of hydrogen-bond acceptors (Lipinski definition) is 3. The summed E-state index contributed by atoms with van der Waals surface area (Å²) in [6.45, 7) is 4.45. The third kappa shape index (κ3) is 5.79. The van der Waals surface area contributed by atoms with Gasteiger partial charge in [0.2, 0.25) is 5.91 Å². The second-order valence-electron chi connectivity index (χ2n) is 6.91. The number of nitrogens with one attached hydrogen (secondary N) is 3. The summed E-state index contributed by atoms with van der Waals surface area (Å²) in [4.78, 5) is 30.1. The van der Waals surface area contributed by atoms with Crippen LogP contribution in [-0.2, 0) is 17.9 Å². The van der Waals surface area contributed by atoms with Gasteiger partial charge in [-0.15, -0.1) is 0 Å². The van der Waals surface area contributed by atoms with E-state index in [-0.39, 0.29) is 24.2 Å². The van der Waals surface area contributed by atoms with E-state index in [0.717, 1.165) is 5.56 Å². The fourth-order valence-corrected chi connectivity index (χ4v) is 3.08. The second-order valence-corrected chi connectivity index (χ2v) is 6.91. The zero-order valence-corrected chi connectivity index (χ0v) is 17.0. The first-order valence-corrected chi connectivity index (χ1v) is 9.97. The Morgan fingerprint density at radius 1 is 1.17 bits per heavy atom. The maximum Gasteiger partial charge on any atom is 0.254 e. The molecule has 3 N–H and O–H groups in total. The number of nitrogens with zero attached hydrogens (tertiary/aromatic N) is 2. The highest BCUT2D eigenvalue weighted by Gasteiger charge is 2.22. The van der Waals surface area contributed by atoms with Crippen LogP contribution in [0.5, 0.6) is 0 Å². The summed E-state index contributed by atoms with van der Waals surface area (Å²) in [5, 5.41) is 8.97. The Kier molecular flexibility index (Phi) is 7.37. The van der Waals surface area contributed by atoms with Gasteiger partial charge < -0.3 is 20.9 Å². The van der Waals surface area contributed by atoms with Crippen molar-refractivity contribution in [3.8, 4) is 0 Å². The van der Waals surface area contributed by atoms with Gasteiger partial charge in [-0.25, -0.2) is 9.38 Å². The second kappa shape index (κ2) is 10.4. The lowest BCUT2D eigenvalue weighted by molar-refractivity contribution is -0.123. The number of hydrogen-bond donors (Lipinski definition) is 3. The predicted molar refractivity (Wildman–Crippen MR) is 113 cm³/mol. The molecule has 1 fully saturated rings. The molecule has 30 heavy (non-hydrogen) atoms. The Morgan fingerprint density at radius 2 is 1.93 bits per heavy atom. The Hall–Kier alpha value is -3.42. The molecule has 3 rings (SSSR count). The zero-order chi connectivity index (χ0) is 21.3. The van der Waals surface area contributed by atoms with Crippen molar-refractivity contribution in [3.05, 3.63) is 71.0 Å². The molecular weight excluding hydrogens is 385 g/mol. The van der Waals surface area contributed by atoms with Crippen molar-refractivity contribution < 1.29 is 14.0 Å². The first-order chi connectivity index (χ1) is 14.6. The largest absolute Gasteiger partial charge is 0.357 e. The first kappa shape index (κ1) is 21.3. The molecule has 0 aromatic heterocycles. The highest BCUT2D eigenvalue weighted by atomic mass is 19.1. The van der Waals surface area contributed by atoms with E-state index >= 15 is 0 Å². The minimum absolute atomic E-state index is 0.0879. The predicted octanol–water partition coefficient (Wildman–Crippen LogP) is 1.65. The topological polar surface area (TPSA) is 85.8 Å². The summed E-state index contributed by atoms with van der Waals surface area (Å²) in [6.07, 6.45) is 0. The Morgan fingerprint density at radius 3 is 2.63 bits per heavy atom. The van der Waals surface area contributed by atoms with Gasteiger partial charge in [-0.05, 0) is 30.7 Å². The number of aliphatic imine (C=N–C) groups is 1. The van der Waals surface area contributed by atoms with Crippen molar-refractivity contribution in [1.82, 2.24) is 20.9 Å². The molecule has 2 aromatic rings. The maximum atomic E-state index is 13.8. The fraction of sp³-hybridized carbons (Fsp3) is 0.318. The van der Waals surface area contributed by atoms with Crippen LogP contribution in [0.15, 0.2) is 53.5 Å². The van der Waals surface area contributed by atoms with Crippen molar-refractivity contribution in [3.63, 3.8) is 0 Å². The molecule has 8 heteroatoms. The van der Waals surface area contributed by atoms with Crippen LogP contribution in [0.2, 0.25) is 0 Å². The molecule has 7 nitrogen and oxygen atoms in total. The van der Waals surface area contributed by atoms with Crippen molar-refractivity contribution in [2.75, 3.05) is 26.2 Å². The van der Waals surface area contributed by atoms with Crippen molar-refractivity contribution >= 4 is 17.8 Å². The molecule has 0 spiro atoms. The van der Waals surface area contributed by atoms with Gasteiger partial charge in [0.05, 0.1) is 13.1 Å². The van der Waals surface area contributed by atoms with Gasteiger partial charge in [-0.3, -0.25) is 9.59 Å². The van der Waals surface area contributed by atoms with Crippen LogP contribution in [0.25, 0.3) is 0 Å². The molecule has 0 bridgehead atoms. The molecule has 2 aromatic carbocycles. The number of guanidine groups is 1. The van der Waals surface area contributed by atoms with Crippen LogP contribution < -0.4 is 16.0 Å². The van der Waals surface area contributed by atoms with Crippen molar-refractivity contribution in [2.24, 2.45) is 4.99 Å². The molecular formula is C22H26FN5O2.